The van der Waals surface area contributed by atoms with Crippen molar-refractivity contribution in [3.8, 4) is 11.5 Å². The molecule has 0 N–H and O–H groups in total. The Labute approximate surface area is 223 Å². The first-order chi connectivity index (χ1) is 18.2. The van der Waals surface area contributed by atoms with Crippen LogP contribution in [0.5, 0.6) is 11.5 Å². The van der Waals surface area contributed by atoms with Gasteiger partial charge < -0.3 is 23.3 Å². The zero-order valence-electron chi connectivity index (χ0n) is 21.8. The molecule has 9 nitrogen and oxygen atoms in total. The largest absolute Gasteiger partial charge is 0.469 e. The molecule has 2 aromatic carbocycles. The van der Waals surface area contributed by atoms with E-state index in [1.54, 1.807) is 48.5 Å². The predicted molar refractivity (Wildman–Crippen MR) is 140 cm³/mol. The Hall–Kier alpha value is -3.68. The number of hydrogen-bond donors (Lipinski definition) is 0. The SMILES string of the molecule is COC(=O)CC1=CCC(C)(OP(Oc2ccc(CC(=O)OC)cc2)Oc2ccc(CC(=O)OC)cc2)C=C1. The normalized spacial score (nSPS) is 16.4. The number of rotatable bonds is 12. The van der Waals surface area contributed by atoms with Crippen LogP contribution in [0.15, 0.2) is 72.3 Å². The molecule has 0 radical (unpaired) electrons. The molecule has 0 aliphatic heterocycles. The smallest absolute Gasteiger partial charge is 0.463 e. The van der Waals surface area contributed by atoms with E-state index in [1.165, 1.54) is 21.3 Å². The van der Waals surface area contributed by atoms with Gasteiger partial charge in [0, 0.05) is 0 Å². The molecule has 0 saturated heterocycles. The summed E-state index contributed by atoms with van der Waals surface area (Å²) in [6, 6.07) is 14.0. The van der Waals surface area contributed by atoms with Crippen LogP contribution in [0.4, 0.5) is 0 Å². The fourth-order valence-corrected chi connectivity index (χ4v) is 4.58. The number of carbonyl (C=O) groups is 3. The van der Waals surface area contributed by atoms with E-state index >= 15 is 0 Å². The molecule has 2 aromatic rings. The van der Waals surface area contributed by atoms with Crippen molar-refractivity contribution in [3.63, 3.8) is 0 Å². The average molecular weight is 543 g/mol. The van der Waals surface area contributed by atoms with Crippen molar-refractivity contribution in [2.75, 3.05) is 21.3 Å². The molecule has 0 aromatic heterocycles. The van der Waals surface area contributed by atoms with Crippen LogP contribution in [0.1, 0.15) is 30.9 Å². The standard InChI is InChI=1S/C28H31O9P/c1-28(15-13-22(14-16-28)19-27(31)34-4)37-38(35-23-9-5-20(6-10-23)17-25(29)32-2)36-24-11-7-21(8-12-24)18-26(30)33-3/h5-15H,16-19H2,1-4H3. The van der Waals surface area contributed by atoms with Crippen LogP contribution in [0.3, 0.4) is 0 Å². The number of esters is 3. The maximum atomic E-state index is 11.6. The second-order valence-electron chi connectivity index (χ2n) is 8.67. The van der Waals surface area contributed by atoms with Gasteiger partial charge in [0.1, 0.15) is 11.5 Å². The summed E-state index contributed by atoms with van der Waals surface area (Å²) in [7, 11) is 2.11. The van der Waals surface area contributed by atoms with Crippen molar-refractivity contribution in [2.45, 2.75) is 38.2 Å². The monoisotopic (exact) mass is 542 g/mol. The predicted octanol–water partition coefficient (Wildman–Crippen LogP) is 5.03. The summed E-state index contributed by atoms with van der Waals surface area (Å²) in [6.07, 6.45) is 6.61. The van der Waals surface area contributed by atoms with E-state index in [1.807, 2.05) is 25.2 Å². The van der Waals surface area contributed by atoms with E-state index in [2.05, 4.69) is 0 Å². The summed E-state index contributed by atoms with van der Waals surface area (Å²) in [5.41, 5.74) is 1.65. The van der Waals surface area contributed by atoms with Crippen LogP contribution in [0, 0.1) is 0 Å². The van der Waals surface area contributed by atoms with E-state index in [-0.39, 0.29) is 37.2 Å². The van der Waals surface area contributed by atoms with Gasteiger partial charge in [-0.05, 0) is 54.3 Å². The maximum Gasteiger partial charge on any atom is 0.463 e. The lowest BCUT2D eigenvalue weighted by atomic mass is 9.93. The summed E-state index contributed by atoms with van der Waals surface area (Å²) >= 11 is 0. The van der Waals surface area contributed by atoms with Crippen molar-refractivity contribution in [2.24, 2.45) is 0 Å². The Morgan fingerprint density at radius 1 is 0.737 bits per heavy atom. The number of carbonyl (C=O) groups excluding carboxylic acids is 3. The summed E-state index contributed by atoms with van der Waals surface area (Å²) in [5, 5.41) is 0. The van der Waals surface area contributed by atoms with Crippen molar-refractivity contribution in [1.82, 2.24) is 0 Å². The molecule has 0 amide bonds. The topological polar surface area (TPSA) is 107 Å². The minimum absolute atomic E-state index is 0.152. The molecule has 0 heterocycles. The van der Waals surface area contributed by atoms with E-state index in [0.29, 0.717) is 17.9 Å². The zero-order chi connectivity index (χ0) is 27.5. The van der Waals surface area contributed by atoms with Gasteiger partial charge in [0.2, 0.25) is 0 Å². The third-order valence-corrected chi connectivity index (χ3v) is 6.92. The van der Waals surface area contributed by atoms with Gasteiger partial charge in [-0.3, -0.25) is 18.9 Å². The van der Waals surface area contributed by atoms with Gasteiger partial charge in [-0.2, -0.15) is 0 Å². The van der Waals surface area contributed by atoms with Gasteiger partial charge in [0.15, 0.2) is 0 Å². The van der Waals surface area contributed by atoms with Crippen LogP contribution in [-0.4, -0.2) is 44.8 Å². The number of methoxy groups -OCH3 is 3. The summed E-state index contributed by atoms with van der Waals surface area (Å²) < 4.78 is 32.7. The second-order valence-corrected chi connectivity index (χ2v) is 9.67. The van der Waals surface area contributed by atoms with Crippen LogP contribution in [0.25, 0.3) is 0 Å². The van der Waals surface area contributed by atoms with Crippen molar-refractivity contribution < 1.29 is 42.2 Å². The first-order valence-electron chi connectivity index (χ1n) is 11.8. The van der Waals surface area contributed by atoms with E-state index < -0.39 is 14.2 Å². The van der Waals surface area contributed by atoms with E-state index in [4.69, 9.17) is 27.8 Å². The van der Waals surface area contributed by atoms with Gasteiger partial charge in [-0.25, -0.2) is 0 Å². The Kier molecular flexibility index (Phi) is 10.4. The number of ether oxygens (including phenoxy) is 3. The molecular formula is C28H31O9P. The van der Waals surface area contributed by atoms with Gasteiger partial charge >= 0.3 is 26.5 Å². The molecule has 10 heteroatoms. The lowest BCUT2D eigenvalue weighted by Crippen LogP contribution is -2.27. The first kappa shape index (κ1) is 28.9. The van der Waals surface area contributed by atoms with Gasteiger partial charge in [-0.15, -0.1) is 0 Å². The number of benzene rings is 2. The zero-order valence-corrected chi connectivity index (χ0v) is 22.7. The molecule has 1 aliphatic rings. The third kappa shape index (κ3) is 9.01. The summed E-state index contributed by atoms with van der Waals surface area (Å²) in [5.74, 6) is 0.0139. The lowest BCUT2D eigenvalue weighted by Gasteiger charge is -2.31. The summed E-state index contributed by atoms with van der Waals surface area (Å²) in [6.45, 7) is 1.90. The highest BCUT2D eigenvalue weighted by molar-refractivity contribution is 7.42. The molecule has 1 aliphatic carbocycles. The third-order valence-electron chi connectivity index (χ3n) is 5.64. The fraction of sp³-hybridized carbons (Fsp3) is 0.321. The Balaban J connectivity index is 1.74. The number of hydrogen-bond acceptors (Lipinski definition) is 9. The first-order valence-corrected chi connectivity index (χ1v) is 12.9. The molecule has 202 valence electrons. The van der Waals surface area contributed by atoms with Crippen LogP contribution in [0.2, 0.25) is 0 Å². The van der Waals surface area contributed by atoms with Crippen molar-refractivity contribution in [1.29, 1.82) is 0 Å². The molecule has 38 heavy (non-hydrogen) atoms. The van der Waals surface area contributed by atoms with E-state index in [9.17, 15) is 14.4 Å². The highest BCUT2D eigenvalue weighted by Gasteiger charge is 2.32. The lowest BCUT2D eigenvalue weighted by molar-refractivity contribution is -0.140. The molecule has 0 spiro atoms. The molecule has 0 fully saturated rings. The highest BCUT2D eigenvalue weighted by Crippen LogP contribution is 2.47. The van der Waals surface area contributed by atoms with Crippen LogP contribution < -0.4 is 9.05 Å². The molecule has 1 atom stereocenters. The Morgan fingerprint density at radius 2 is 1.18 bits per heavy atom. The molecule has 0 bridgehead atoms. The van der Waals surface area contributed by atoms with Crippen LogP contribution >= 0.6 is 8.60 Å². The molecule has 1 unspecified atom stereocenters. The summed E-state index contributed by atoms with van der Waals surface area (Å²) in [4.78, 5) is 34.7. The quantitative estimate of drug-likeness (QED) is 0.207. The van der Waals surface area contributed by atoms with Gasteiger partial charge in [0.05, 0.1) is 46.2 Å². The average Bonchev–Trinajstić information content (AvgIpc) is 2.92. The van der Waals surface area contributed by atoms with E-state index in [0.717, 1.165) is 16.7 Å². The minimum Gasteiger partial charge on any atom is -0.469 e. The molecule has 3 rings (SSSR count). The molecular weight excluding hydrogens is 511 g/mol. The Morgan fingerprint density at radius 3 is 1.58 bits per heavy atom. The van der Waals surface area contributed by atoms with Gasteiger partial charge in [-0.1, -0.05) is 42.5 Å². The molecule has 0 saturated carbocycles. The minimum atomic E-state index is -1.93. The second kappa shape index (κ2) is 13.7. The van der Waals surface area contributed by atoms with Crippen LogP contribution in [-0.2, 0) is 46.0 Å². The van der Waals surface area contributed by atoms with Crippen molar-refractivity contribution in [3.05, 3.63) is 83.5 Å². The maximum absolute atomic E-state index is 11.6. The highest BCUT2D eigenvalue weighted by atomic mass is 31.2. The number of allylic oxidation sites excluding steroid dienone is 1. The van der Waals surface area contributed by atoms with Crippen molar-refractivity contribution >= 4 is 26.5 Å². The van der Waals surface area contributed by atoms with Gasteiger partial charge in [0.25, 0.3) is 0 Å². The Bertz CT molecular complexity index is 1110. The fourth-order valence-electron chi connectivity index (χ4n) is 3.40.